The van der Waals surface area contributed by atoms with Crippen molar-refractivity contribution in [1.82, 2.24) is 20.0 Å². The first-order chi connectivity index (χ1) is 15.5. The molecule has 1 saturated carbocycles. The molecule has 0 atom stereocenters. The minimum absolute atomic E-state index is 0.337. The Morgan fingerprint density at radius 3 is 2.47 bits per heavy atom. The average molecular weight is 532 g/mol. The Labute approximate surface area is 204 Å². The van der Waals surface area contributed by atoms with E-state index in [1.807, 2.05) is 41.9 Å². The summed E-state index contributed by atoms with van der Waals surface area (Å²) in [4.78, 5) is 0. The molecule has 1 aliphatic carbocycles. The molecule has 1 aliphatic rings. The van der Waals surface area contributed by atoms with Gasteiger partial charge in [0, 0.05) is 26.5 Å². The van der Waals surface area contributed by atoms with Crippen LogP contribution in [-0.2, 0) is 0 Å². The van der Waals surface area contributed by atoms with E-state index in [0.29, 0.717) is 33.4 Å². The molecule has 32 heavy (non-hydrogen) atoms. The molecular weight excluding hydrogens is 511 g/mol. The van der Waals surface area contributed by atoms with Crippen LogP contribution in [0, 0.1) is 6.92 Å². The summed E-state index contributed by atoms with van der Waals surface area (Å²) in [7, 11) is 0. The van der Waals surface area contributed by atoms with Crippen molar-refractivity contribution < 1.29 is 4.42 Å². The molecule has 164 valence electrons. The van der Waals surface area contributed by atoms with Crippen LogP contribution in [0.15, 0.2) is 51.4 Å². The molecule has 0 N–H and O–H groups in total. The Hall–Kier alpha value is -2.15. The number of rotatable bonds is 4. The third-order valence-electron chi connectivity index (χ3n) is 5.98. The van der Waals surface area contributed by atoms with Gasteiger partial charge in [0.1, 0.15) is 0 Å². The molecule has 5 rings (SSSR count). The normalized spacial score (nSPS) is 14.8. The van der Waals surface area contributed by atoms with Gasteiger partial charge < -0.3 is 4.42 Å². The Kier molecular flexibility index (Phi) is 6.10. The molecule has 0 amide bonds. The summed E-state index contributed by atoms with van der Waals surface area (Å²) >= 11 is 16.2. The van der Waals surface area contributed by atoms with E-state index in [0.717, 1.165) is 39.8 Å². The fourth-order valence-electron chi connectivity index (χ4n) is 4.32. The summed E-state index contributed by atoms with van der Waals surface area (Å²) in [6.07, 6.45) is 5.89. The highest BCUT2D eigenvalue weighted by atomic mass is 79.9. The lowest BCUT2D eigenvalue weighted by Crippen LogP contribution is -2.04. The zero-order valence-electron chi connectivity index (χ0n) is 17.5. The fourth-order valence-corrected chi connectivity index (χ4v) is 5.07. The fraction of sp³-hybridized carbons (Fsp3) is 0.292. The molecule has 4 aromatic rings. The van der Waals surface area contributed by atoms with E-state index >= 15 is 0 Å². The predicted octanol–water partition coefficient (Wildman–Crippen LogP) is 8.01. The molecule has 0 bridgehead atoms. The van der Waals surface area contributed by atoms with Crippen LogP contribution in [-0.4, -0.2) is 20.0 Å². The average Bonchev–Trinajstić information content (AvgIpc) is 3.40. The Morgan fingerprint density at radius 2 is 1.75 bits per heavy atom. The van der Waals surface area contributed by atoms with Crippen molar-refractivity contribution in [2.45, 2.75) is 44.9 Å². The van der Waals surface area contributed by atoms with E-state index in [1.54, 1.807) is 12.1 Å². The monoisotopic (exact) mass is 530 g/mol. The molecule has 0 spiro atoms. The quantitative estimate of drug-likeness (QED) is 0.267. The zero-order chi connectivity index (χ0) is 22.2. The van der Waals surface area contributed by atoms with Gasteiger partial charge >= 0.3 is 0 Å². The third kappa shape index (κ3) is 4.12. The molecule has 8 heteroatoms. The lowest BCUT2D eigenvalue weighted by atomic mass is 9.89. The summed E-state index contributed by atoms with van der Waals surface area (Å²) in [6, 6.07) is 13.5. The second-order valence-corrected chi connectivity index (χ2v) is 9.88. The van der Waals surface area contributed by atoms with Crippen molar-refractivity contribution in [1.29, 1.82) is 0 Å². The Morgan fingerprint density at radius 1 is 1.00 bits per heavy atom. The van der Waals surface area contributed by atoms with Crippen molar-refractivity contribution in [2.24, 2.45) is 0 Å². The van der Waals surface area contributed by atoms with Crippen molar-refractivity contribution >= 4 is 39.1 Å². The molecule has 2 heterocycles. The second-order valence-electron chi connectivity index (χ2n) is 8.12. The lowest BCUT2D eigenvalue weighted by Gasteiger charge is -2.17. The van der Waals surface area contributed by atoms with Gasteiger partial charge in [-0.15, -0.1) is 10.2 Å². The number of hydrogen-bond acceptors (Lipinski definition) is 4. The molecule has 0 unspecified atom stereocenters. The van der Waals surface area contributed by atoms with Gasteiger partial charge in [0.25, 0.3) is 5.89 Å². The van der Waals surface area contributed by atoms with Gasteiger partial charge in [-0.05, 0) is 50.1 Å². The molecule has 0 aliphatic heterocycles. The molecule has 5 nitrogen and oxygen atoms in total. The van der Waals surface area contributed by atoms with Gasteiger partial charge in [0.15, 0.2) is 5.69 Å². The van der Waals surface area contributed by atoms with Crippen LogP contribution in [0.1, 0.15) is 49.5 Å². The number of nitrogens with zero attached hydrogens (tertiary/aromatic N) is 4. The largest absolute Gasteiger partial charge is 0.419 e. The van der Waals surface area contributed by atoms with E-state index in [9.17, 15) is 0 Å². The van der Waals surface area contributed by atoms with Gasteiger partial charge in [0.05, 0.1) is 16.4 Å². The van der Waals surface area contributed by atoms with Crippen LogP contribution >= 0.6 is 39.1 Å². The number of aromatic nitrogens is 4. The highest BCUT2D eigenvalue weighted by Gasteiger charge is 2.26. The number of hydrogen-bond donors (Lipinski definition) is 0. The smallest absolute Gasteiger partial charge is 0.268 e. The van der Waals surface area contributed by atoms with Crippen LogP contribution in [0.4, 0.5) is 0 Å². The number of benzene rings is 2. The Bertz CT molecular complexity index is 1260. The van der Waals surface area contributed by atoms with E-state index in [4.69, 9.17) is 32.7 Å². The number of halogens is 3. The van der Waals surface area contributed by atoms with Gasteiger partial charge in [-0.1, -0.05) is 70.5 Å². The zero-order valence-corrected chi connectivity index (χ0v) is 20.6. The first-order valence-electron chi connectivity index (χ1n) is 10.7. The topological polar surface area (TPSA) is 56.7 Å². The molecule has 1 fully saturated rings. The second kappa shape index (κ2) is 9.00. The summed E-state index contributed by atoms with van der Waals surface area (Å²) in [5.74, 6) is 1.48. The van der Waals surface area contributed by atoms with E-state index < -0.39 is 0 Å². The van der Waals surface area contributed by atoms with Crippen molar-refractivity contribution in [3.05, 3.63) is 68.4 Å². The van der Waals surface area contributed by atoms with Gasteiger partial charge in [-0.3, -0.25) is 0 Å². The van der Waals surface area contributed by atoms with Crippen molar-refractivity contribution in [2.75, 3.05) is 0 Å². The summed E-state index contributed by atoms with van der Waals surface area (Å²) in [6.45, 7) is 2.02. The molecule has 0 radical (unpaired) electrons. The van der Waals surface area contributed by atoms with Crippen molar-refractivity contribution in [3.8, 4) is 28.5 Å². The Balaban J connectivity index is 1.64. The van der Waals surface area contributed by atoms with Crippen molar-refractivity contribution in [3.63, 3.8) is 0 Å². The van der Waals surface area contributed by atoms with Crippen LogP contribution < -0.4 is 0 Å². The van der Waals surface area contributed by atoms with Gasteiger partial charge in [-0.25, -0.2) is 4.68 Å². The summed E-state index contributed by atoms with van der Waals surface area (Å²) < 4.78 is 8.97. The maximum Gasteiger partial charge on any atom is 0.268 e. The standard InChI is InChI=1S/C24H21BrCl2N4O/c1-14-21(24-29-28-23(32-24)16-5-3-2-4-6-16)30-31(20-12-11-18(26)13-19(20)27)22(14)15-7-9-17(25)10-8-15/h7-13,16H,2-6H2,1H3. The third-order valence-corrected chi connectivity index (χ3v) is 7.04. The molecule has 0 saturated heterocycles. The van der Waals surface area contributed by atoms with E-state index in [2.05, 4.69) is 26.1 Å². The van der Waals surface area contributed by atoms with E-state index in [1.165, 1.54) is 19.3 Å². The van der Waals surface area contributed by atoms with Gasteiger partial charge in [-0.2, -0.15) is 5.10 Å². The van der Waals surface area contributed by atoms with Crippen LogP contribution in [0.5, 0.6) is 0 Å². The van der Waals surface area contributed by atoms with Crippen LogP contribution in [0.25, 0.3) is 28.5 Å². The van der Waals surface area contributed by atoms with Gasteiger partial charge in [0.2, 0.25) is 5.89 Å². The predicted molar refractivity (Wildman–Crippen MR) is 131 cm³/mol. The minimum Gasteiger partial charge on any atom is -0.419 e. The maximum absolute atomic E-state index is 6.56. The SMILES string of the molecule is Cc1c(-c2nnc(C3CCCCC3)o2)nn(-c2ccc(Cl)cc2Cl)c1-c1ccc(Br)cc1. The molecule has 2 aromatic carbocycles. The minimum atomic E-state index is 0.337. The first-order valence-corrected chi connectivity index (χ1v) is 12.2. The molecule has 2 aromatic heterocycles. The maximum atomic E-state index is 6.56. The lowest BCUT2D eigenvalue weighted by molar-refractivity contribution is 0.366. The van der Waals surface area contributed by atoms with E-state index in [-0.39, 0.29) is 0 Å². The highest BCUT2D eigenvalue weighted by Crippen LogP contribution is 2.38. The van der Waals surface area contributed by atoms with Crippen LogP contribution in [0.2, 0.25) is 10.0 Å². The summed E-state index contributed by atoms with van der Waals surface area (Å²) in [5, 5.41) is 14.7. The summed E-state index contributed by atoms with van der Waals surface area (Å²) in [5.41, 5.74) is 4.24. The first kappa shape index (κ1) is 21.7. The highest BCUT2D eigenvalue weighted by molar-refractivity contribution is 9.10. The molecular formula is C24H21BrCl2N4O. The van der Waals surface area contributed by atoms with Crippen LogP contribution in [0.3, 0.4) is 0 Å².